The number of carbonyl (C=O) groups is 3. The zero-order valence-electron chi connectivity index (χ0n) is 29.4. The van der Waals surface area contributed by atoms with E-state index in [2.05, 4.69) is 49.4 Å². The molecular formula is C34H49ClN10O6. The molecule has 0 saturated carbocycles. The molecule has 0 saturated heterocycles. The predicted octanol–water partition coefficient (Wildman–Crippen LogP) is 5.01. The van der Waals surface area contributed by atoms with Crippen molar-refractivity contribution in [3.63, 3.8) is 0 Å². The number of amides is 2. The van der Waals surface area contributed by atoms with Gasteiger partial charge < -0.3 is 34.6 Å². The van der Waals surface area contributed by atoms with Gasteiger partial charge in [0.1, 0.15) is 19.5 Å². The van der Waals surface area contributed by atoms with Gasteiger partial charge in [-0.25, -0.2) is 9.78 Å². The third kappa shape index (κ3) is 16.0. The fourth-order valence-corrected chi connectivity index (χ4v) is 5.32. The van der Waals surface area contributed by atoms with Crippen molar-refractivity contribution in [3.8, 4) is 0 Å². The lowest BCUT2D eigenvalue weighted by Crippen LogP contribution is -2.37. The van der Waals surface area contributed by atoms with Gasteiger partial charge in [-0.05, 0) is 69.1 Å². The molecular weight excluding hydrogens is 680 g/mol. The first-order chi connectivity index (χ1) is 24.8. The van der Waals surface area contributed by atoms with Crippen LogP contribution in [0.5, 0.6) is 0 Å². The Morgan fingerprint density at radius 2 is 1.90 bits per heavy atom. The van der Waals surface area contributed by atoms with E-state index in [1.54, 1.807) is 12.4 Å². The summed E-state index contributed by atoms with van der Waals surface area (Å²) in [5, 5.41) is 11.5. The van der Waals surface area contributed by atoms with Crippen molar-refractivity contribution in [2.75, 3.05) is 84.2 Å². The fraction of sp³-hybridized carbons (Fsp3) is 0.559. The lowest BCUT2D eigenvalue weighted by Gasteiger charge is -2.22. The van der Waals surface area contributed by atoms with Crippen LogP contribution in [0, 0.1) is 0 Å². The van der Waals surface area contributed by atoms with Gasteiger partial charge in [-0.15, -0.1) is 0 Å². The molecule has 0 radical (unpaired) electrons. The minimum atomic E-state index is -0.507. The van der Waals surface area contributed by atoms with Crippen molar-refractivity contribution < 1.29 is 28.6 Å². The number of azide groups is 1. The van der Waals surface area contributed by atoms with E-state index in [1.807, 2.05) is 24.3 Å². The predicted molar refractivity (Wildman–Crippen MR) is 195 cm³/mol. The summed E-state index contributed by atoms with van der Waals surface area (Å²) in [7, 11) is 0. The van der Waals surface area contributed by atoms with Crippen molar-refractivity contribution >= 4 is 46.1 Å². The summed E-state index contributed by atoms with van der Waals surface area (Å²) in [6, 6.07) is 7.96. The molecule has 2 heterocycles. The highest BCUT2D eigenvalue weighted by Crippen LogP contribution is 2.25. The molecule has 1 unspecified atom stereocenters. The maximum Gasteiger partial charge on any atom is 0.407 e. The number of benzene rings is 1. The molecule has 2 aromatic heterocycles. The number of aromatic nitrogens is 3. The Balaban J connectivity index is 1.21. The summed E-state index contributed by atoms with van der Waals surface area (Å²) < 4.78 is 17.6. The molecule has 0 spiro atoms. The lowest BCUT2D eigenvalue weighted by atomic mass is 10.1. The summed E-state index contributed by atoms with van der Waals surface area (Å²) in [5.41, 5.74) is 10.4. The van der Waals surface area contributed by atoms with Gasteiger partial charge in [-0.1, -0.05) is 23.6 Å². The van der Waals surface area contributed by atoms with E-state index < -0.39 is 6.09 Å². The van der Waals surface area contributed by atoms with E-state index in [9.17, 15) is 14.4 Å². The molecule has 0 aliphatic rings. The number of ether oxygens (including phenoxy) is 3. The maximum atomic E-state index is 12.7. The first-order valence-electron chi connectivity index (χ1n) is 17.2. The van der Waals surface area contributed by atoms with Gasteiger partial charge in [0.25, 0.3) is 0 Å². The van der Waals surface area contributed by atoms with Gasteiger partial charge in [0.2, 0.25) is 11.8 Å². The first kappa shape index (κ1) is 41.0. The van der Waals surface area contributed by atoms with Crippen LogP contribution in [-0.2, 0) is 19.0 Å². The fourth-order valence-electron chi connectivity index (χ4n) is 5.15. The second kappa shape index (κ2) is 23.8. The van der Waals surface area contributed by atoms with Crippen LogP contribution in [0.4, 0.5) is 10.5 Å². The SMILES string of the molecule is CCN(CCCC(C)Nc1ccnc2cc(Cl)ccc12)CCOC(=O)NCCOCCOCC(=O)N(CCCN=[N+]=[N-])CCC(=O)n1ccnc1. The van der Waals surface area contributed by atoms with E-state index in [0.29, 0.717) is 24.5 Å². The smallest absolute Gasteiger partial charge is 0.407 e. The molecule has 278 valence electrons. The molecule has 51 heavy (non-hydrogen) atoms. The molecule has 3 rings (SSSR count). The number of hydrogen-bond donors (Lipinski definition) is 2. The van der Waals surface area contributed by atoms with Gasteiger partial charge in [-0.2, -0.15) is 0 Å². The normalized spacial score (nSPS) is 11.6. The number of nitrogens with one attached hydrogen (secondary N) is 2. The van der Waals surface area contributed by atoms with Crippen LogP contribution in [0.3, 0.4) is 0 Å². The first-order valence-corrected chi connectivity index (χ1v) is 17.6. The monoisotopic (exact) mass is 728 g/mol. The van der Waals surface area contributed by atoms with Gasteiger partial charge in [0, 0.05) is 84.8 Å². The van der Waals surface area contributed by atoms with Crippen molar-refractivity contribution in [3.05, 3.63) is 64.6 Å². The number of halogens is 1. The van der Waals surface area contributed by atoms with E-state index in [-0.39, 0.29) is 76.9 Å². The number of pyridine rings is 1. The number of nitrogens with zero attached hydrogens (tertiary/aromatic N) is 8. The average Bonchev–Trinajstić information content (AvgIpc) is 3.67. The van der Waals surface area contributed by atoms with Gasteiger partial charge >= 0.3 is 6.09 Å². The molecule has 2 amide bonds. The maximum absolute atomic E-state index is 12.7. The summed E-state index contributed by atoms with van der Waals surface area (Å²) >= 11 is 6.11. The van der Waals surface area contributed by atoms with E-state index in [1.165, 1.54) is 22.0 Å². The zero-order chi connectivity index (χ0) is 36.7. The Labute approximate surface area is 303 Å². The largest absolute Gasteiger partial charge is 0.448 e. The third-order valence-corrected chi connectivity index (χ3v) is 8.14. The summed E-state index contributed by atoms with van der Waals surface area (Å²) in [5.74, 6) is -0.475. The van der Waals surface area contributed by atoms with Gasteiger partial charge in [0.05, 0.1) is 25.3 Å². The topological polar surface area (TPSA) is 189 Å². The summed E-state index contributed by atoms with van der Waals surface area (Å²) in [6.07, 6.45) is 8.28. The lowest BCUT2D eigenvalue weighted by molar-refractivity contribution is -0.136. The summed E-state index contributed by atoms with van der Waals surface area (Å²) in [6.45, 7) is 8.42. The Hall–Kier alpha value is -4.47. The van der Waals surface area contributed by atoms with Crippen LogP contribution in [0.25, 0.3) is 21.3 Å². The van der Waals surface area contributed by atoms with Gasteiger partial charge in [0.15, 0.2) is 0 Å². The highest BCUT2D eigenvalue weighted by Gasteiger charge is 2.16. The Bertz CT molecular complexity index is 1540. The minimum Gasteiger partial charge on any atom is -0.448 e. The highest BCUT2D eigenvalue weighted by molar-refractivity contribution is 6.31. The number of hydrogen-bond acceptors (Lipinski definition) is 11. The van der Waals surface area contributed by atoms with Crippen molar-refractivity contribution in [1.29, 1.82) is 0 Å². The van der Waals surface area contributed by atoms with E-state index >= 15 is 0 Å². The van der Waals surface area contributed by atoms with E-state index in [0.717, 1.165) is 42.5 Å². The van der Waals surface area contributed by atoms with Crippen molar-refractivity contribution in [2.45, 2.75) is 45.6 Å². The van der Waals surface area contributed by atoms with Crippen LogP contribution in [0.1, 0.15) is 44.3 Å². The number of fused-ring (bicyclic) bond motifs is 1. The minimum absolute atomic E-state index is 0.111. The molecule has 3 aromatic rings. The standard InChI is InChI=1S/C34H49ClN10O6/c1-3-43(15-4-6-27(2)41-30-9-12-38-31-24-28(35)7-8-29(30)31)19-21-51-34(48)39-14-20-49-22-23-50-25-33(47)44(16-5-11-40-42-36)17-10-32(46)45-18-13-37-26-45/h7-9,12-13,18,24,26-27H,3-6,10-11,14-17,19-23,25H2,1-2H3,(H,38,41)(H,39,48). The van der Waals surface area contributed by atoms with Crippen LogP contribution in [0.2, 0.25) is 5.02 Å². The Kier molecular flexibility index (Phi) is 19.1. The number of imidazole rings is 1. The zero-order valence-corrected chi connectivity index (χ0v) is 30.2. The molecule has 16 nitrogen and oxygen atoms in total. The molecule has 0 aliphatic carbocycles. The highest BCUT2D eigenvalue weighted by atomic mass is 35.5. The van der Waals surface area contributed by atoms with Crippen molar-refractivity contribution in [1.82, 2.24) is 29.7 Å². The molecule has 17 heteroatoms. The molecule has 0 aliphatic heterocycles. The number of anilines is 1. The number of rotatable bonds is 25. The number of alkyl carbamates (subject to hydrolysis) is 1. The van der Waals surface area contributed by atoms with Crippen LogP contribution in [0.15, 0.2) is 54.3 Å². The van der Waals surface area contributed by atoms with Crippen LogP contribution in [-0.4, -0.2) is 127 Å². The number of carbonyl (C=O) groups excluding carboxylic acids is 3. The quantitative estimate of drug-likeness (QED) is 0.0520. The molecule has 2 N–H and O–H groups in total. The second-order valence-corrected chi connectivity index (χ2v) is 12.1. The van der Waals surface area contributed by atoms with E-state index in [4.69, 9.17) is 31.3 Å². The number of likely N-dealkylation sites (N-methyl/N-ethyl adjacent to an activating group) is 1. The van der Waals surface area contributed by atoms with Crippen molar-refractivity contribution in [2.24, 2.45) is 5.11 Å². The average molecular weight is 729 g/mol. The summed E-state index contributed by atoms with van der Waals surface area (Å²) in [4.78, 5) is 51.8. The molecule has 1 aromatic carbocycles. The van der Waals surface area contributed by atoms with Crippen LogP contribution >= 0.6 is 11.6 Å². The van der Waals surface area contributed by atoms with Gasteiger partial charge in [-0.3, -0.25) is 19.1 Å². The Morgan fingerprint density at radius 3 is 2.69 bits per heavy atom. The Morgan fingerprint density at radius 1 is 1.06 bits per heavy atom. The second-order valence-electron chi connectivity index (χ2n) is 11.7. The third-order valence-electron chi connectivity index (χ3n) is 7.91. The molecule has 0 fully saturated rings. The van der Waals surface area contributed by atoms with Crippen LogP contribution < -0.4 is 10.6 Å². The molecule has 0 bridgehead atoms. The molecule has 1 atom stereocenters.